The lowest BCUT2D eigenvalue weighted by Gasteiger charge is -2.65. The largest absolute Gasteiger partial charge is 0.365 e. The predicted molar refractivity (Wildman–Crippen MR) is 306 cm³/mol. The van der Waals surface area contributed by atoms with Gasteiger partial charge >= 0.3 is 0 Å². The van der Waals surface area contributed by atoms with Gasteiger partial charge in [0.25, 0.3) is 0 Å². The average molecular weight is 982 g/mol. The molecule has 5 heterocycles. The Kier molecular flexibility index (Phi) is 11.3. The molecule has 4 nitrogen and oxygen atoms in total. The van der Waals surface area contributed by atoms with Crippen LogP contribution in [0.1, 0.15) is 200 Å². The Labute approximate surface area is 444 Å². The molecule has 0 aromatic carbocycles. The van der Waals surface area contributed by atoms with Gasteiger partial charge < -0.3 is 19.4 Å². The first kappa shape index (κ1) is 49.4. The summed E-state index contributed by atoms with van der Waals surface area (Å²) in [6.07, 6.45) is 48.2. The van der Waals surface area contributed by atoms with E-state index in [9.17, 15) is 0 Å². The first-order valence-electron chi connectivity index (χ1n) is 30.6. The van der Waals surface area contributed by atoms with Crippen molar-refractivity contribution in [1.29, 1.82) is 0 Å². The maximum absolute atomic E-state index is 7.46. The fourth-order valence-corrected chi connectivity index (χ4v) is 19.0. The maximum Gasteiger partial charge on any atom is 0.168 e. The highest BCUT2D eigenvalue weighted by Gasteiger charge is 2.68. The van der Waals surface area contributed by atoms with Crippen LogP contribution < -0.4 is 0 Å². The van der Waals surface area contributed by atoms with Gasteiger partial charge in [0.15, 0.2) is 6.71 Å². The van der Waals surface area contributed by atoms with Gasteiger partial charge in [-0.15, -0.1) is 0 Å². The Morgan fingerprint density at radius 3 is 2.21 bits per heavy atom. The van der Waals surface area contributed by atoms with Gasteiger partial charge in [0, 0.05) is 57.4 Å². The number of hydrogen-bond donors (Lipinski definition) is 0. The standard InChI is InChI=1S/C68H96BN3O/c1-63(2,3)42-26-30-53(48(34-42)41-22-16-15-17-23-41)70-55-40-46(72-54-31-27-43(64(4,5)6)36-50(54)67(13)32-20-21-33-68(67,72)14)28-29-51(55)69-52-37-44(65(7,8)9)35-49-60(52)71(61-47-24-18-19-25-58(47)73-62(49)61)57-39-45(66(10,11)12)38-56(70)59(57)69/h22,24,26-27,30-31,34-35,38-39,43,46,48,51-53,55,57-59,61-62H,15-21,23,25,28-29,32-33,36-37,40H2,1-14H3. The molecule has 2 saturated carbocycles. The zero-order valence-electron chi connectivity index (χ0n) is 48.3. The summed E-state index contributed by atoms with van der Waals surface area (Å²) in [5, 5.41) is 0. The fraction of sp³-hybridized carbons (Fsp3) is 0.706. The Morgan fingerprint density at radius 1 is 0.712 bits per heavy atom. The Hall–Kier alpha value is -3.18. The summed E-state index contributed by atoms with van der Waals surface area (Å²) in [4.78, 5) is 9.54. The number of rotatable bonds is 3. The van der Waals surface area contributed by atoms with Crippen molar-refractivity contribution in [3.05, 3.63) is 117 Å². The van der Waals surface area contributed by atoms with E-state index in [4.69, 9.17) is 4.74 Å². The van der Waals surface area contributed by atoms with Crippen LogP contribution in [0, 0.1) is 38.9 Å². The number of fused-ring (bicyclic) bond motifs is 11. The topological polar surface area (TPSA) is 19.0 Å². The summed E-state index contributed by atoms with van der Waals surface area (Å²) in [6, 6.07) is 1.91. The van der Waals surface area contributed by atoms with E-state index in [0.717, 1.165) is 0 Å². The van der Waals surface area contributed by atoms with Crippen LogP contribution in [0.25, 0.3) is 0 Å². The zero-order chi connectivity index (χ0) is 51.1. The number of hydrogen-bond acceptors (Lipinski definition) is 4. The second-order valence-electron chi connectivity index (χ2n) is 31.1. The number of allylic oxidation sites excluding steroid dienone is 10. The second-order valence-corrected chi connectivity index (χ2v) is 31.1. The van der Waals surface area contributed by atoms with Gasteiger partial charge in [-0.1, -0.05) is 169 Å². The van der Waals surface area contributed by atoms with Crippen LogP contribution in [-0.4, -0.2) is 69.4 Å². The normalized spacial score (nSPS) is 40.9. The van der Waals surface area contributed by atoms with Crippen molar-refractivity contribution in [3.8, 4) is 0 Å². The molecule has 0 radical (unpaired) electrons. The lowest BCUT2D eigenvalue weighted by molar-refractivity contribution is -0.0217. The van der Waals surface area contributed by atoms with E-state index >= 15 is 0 Å². The molecule has 14 unspecified atom stereocenters. The van der Waals surface area contributed by atoms with E-state index in [1.165, 1.54) is 108 Å². The Morgan fingerprint density at radius 2 is 1.48 bits per heavy atom. The second kappa shape index (κ2) is 16.7. The monoisotopic (exact) mass is 982 g/mol. The van der Waals surface area contributed by atoms with Crippen molar-refractivity contribution < 1.29 is 4.74 Å². The van der Waals surface area contributed by atoms with Gasteiger partial charge in [0.05, 0.1) is 24.2 Å². The highest BCUT2D eigenvalue weighted by molar-refractivity contribution is 6.66. The maximum atomic E-state index is 7.46. The van der Waals surface area contributed by atoms with Gasteiger partial charge in [-0.3, -0.25) is 0 Å². The molecule has 0 spiro atoms. The van der Waals surface area contributed by atoms with Crippen molar-refractivity contribution >= 4 is 6.71 Å². The molecule has 0 aromatic heterocycles. The van der Waals surface area contributed by atoms with Crippen LogP contribution in [0.2, 0.25) is 17.5 Å². The van der Waals surface area contributed by atoms with E-state index < -0.39 is 0 Å². The van der Waals surface area contributed by atoms with Crippen LogP contribution in [0.15, 0.2) is 117 Å². The summed E-state index contributed by atoms with van der Waals surface area (Å²) in [5.41, 5.74) is 17.4. The molecular weight excluding hydrogens is 886 g/mol. The molecule has 5 aliphatic heterocycles. The van der Waals surface area contributed by atoms with Gasteiger partial charge in [0.2, 0.25) is 0 Å². The Balaban J connectivity index is 1.01. The molecular formula is C68H96BN3O. The molecule has 0 N–H and O–H groups in total. The van der Waals surface area contributed by atoms with Crippen molar-refractivity contribution in [2.45, 2.75) is 265 Å². The zero-order valence-corrected chi connectivity index (χ0v) is 48.3. The van der Waals surface area contributed by atoms with Crippen LogP contribution >= 0.6 is 0 Å². The number of nitrogens with zero attached hydrogens (tertiary/aromatic N) is 3. The summed E-state index contributed by atoms with van der Waals surface area (Å²) in [5.74, 6) is 2.55. The summed E-state index contributed by atoms with van der Waals surface area (Å²) >= 11 is 0. The van der Waals surface area contributed by atoms with Gasteiger partial charge in [0.1, 0.15) is 6.10 Å². The molecule has 8 aliphatic carbocycles. The van der Waals surface area contributed by atoms with Crippen LogP contribution in [0.5, 0.6) is 0 Å². The van der Waals surface area contributed by atoms with Crippen molar-refractivity contribution in [2.24, 2.45) is 38.9 Å². The molecule has 0 aromatic rings. The smallest absolute Gasteiger partial charge is 0.168 e. The molecule has 13 rings (SSSR count). The predicted octanol–water partition coefficient (Wildman–Crippen LogP) is 16.8. The van der Waals surface area contributed by atoms with E-state index in [1.807, 2.05) is 5.57 Å². The highest BCUT2D eigenvalue weighted by Crippen LogP contribution is 2.69. The Bertz CT molecular complexity index is 2650. The van der Waals surface area contributed by atoms with Crippen LogP contribution in [0.3, 0.4) is 0 Å². The van der Waals surface area contributed by atoms with Crippen molar-refractivity contribution in [2.75, 3.05) is 0 Å². The van der Waals surface area contributed by atoms with E-state index in [-0.39, 0.29) is 44.8 Å². The fourth-order valence-electron chi connectivity index (χ4n) is 19.0. The third kappa shape index (κ3) is 7.33. The van der Waals surface area contributed by atoms with Crippen molar-refractivity contribution in [3.63, 3.8) is 0 Å². The quantitative estimate of drug-likeness (QED) is 0.207. The van der Waals surface area contributed by atoms with Crippen molar-refractivity contribution in [1.82, 2.24) is 14.7 Å². The van der Waals surface area contributed by atoms with Crippen LogP contribution in [0.4, 0.5) is 0 Å². The van der Waals surface area contributed by atoms with Gasteiger partial charge in [-0.2, -0.15) is 0 Å². The average Bonchev–Trinajstić information content (AvgIpc) is 3.95. The molecule has 5 heteroatoms. The molecule has 0 bridgehead atoms. The molecule has 0 amide bonds. The molecule has 392 valence electrons. The third-order valence-electron chi connectivity index (χ3n) is 23.1. The molecule has 73 heavy (non-hydrogen) atoms. The minimum absolute atomic E-state index is 0.0205. The minimum atomic E-state index is 0.0205. The van der Waals surface area contributed by atoms with Crippen LogP contribution in [-0.2, 0) is 4.74 Å². The first-order chi connectivity index (χ1) is 34.5. The summed E-state index contributed by atoms with van der Waals surface area (Å²) in [7, 11) is 0. The van der Waals surface area contributed by atoms with E-state index in [2.05, 4.69) is 172 Å². The lowest BCUT2D eigenvalue weighted by Crippen LogP contribution is -2.67. The lowest BCUT2D eigenvalue weighted by atomic mass is 9.20. The number of ether oxygens (including phenoxy) is 1. The third-order valence-corrected chi connectivity index (χ3v) is 23.1. The first-order valence-corrected chi connectivity index (χ1v) is 30.6. The molecule has 14 atom stereocenters. The summed E-state index contributed by atoms with van der Waals surface area (Å²) < 4.78 is 7.46. The van der Waals surface area contributed by atoms with Gasteiger partial charge in [-0.05, 0) is 164 Å². The minimum Gasteiger partial charge on any atom is -0.365 e. The molecule has 13 aliphatic rings. The van der Waals surface area contributed by atoms with Gasteiger partial charge in [-0.25, -0.2) is 0 Å². The van der Waals surface area contributed by atoms with E-state index in [0.29, 0.717) is 66.2 Å². The molecule has 5 fully saturated rings. The molecule has 3 saturated heterocycles. The SMILES string of the molecule is CC(C)(C)C1=CC(C2=CCCCC2)C(N2C3=CC(C(C)(C)C)=CC4C3B(C3CC(C(C)(C)C)=CC5=C3N4C3C4=CCCCC4OC53)C3CCC(N4C5=C(CC(C(C)(C)C)C=C5)C5(C)CCCCC45C)CC32)C=C1. The highest BCUT2D eigenvalue weighted by atomic mass is 16.5. The van der Waals surface area contributed by atoms with E-state index in [1.54, 1.807) is 45.0 Å². The summed E-state index contributed by atoms with van der Waals surface area (Å²) in [6.45, 7) is 36.0.